The third-order valence-electron chi connectivity index (χ3n) is 4.32. The Morgan fingerprint density at radius 2 is 2.00 bits per heavy atom. The Morgan fingerprint density at radius 3 is 2.80 bits per heavy atom. The summed E-state index contributed by atoms with van der Waals surface area (Å²) in [5.74, 6) is 1.47. The van der Waals surface area contributed by atoms with Gasteiger partial charge in [-0.3, -0.25) is 9.69 Å². The number of nitrogens with zero attached hydrogens (tertiary/aromatic N) is 1. The van der Waals surface area contributed by atoms with Crippen LogP contribution in [0, 0.1) is 0 Å². The fraction of sp³-hybridized carbons (Fsp3) is 0.316. The minimum Gasteiger partial charge on any atom is -0.454 e. The van der Waals surface area contributed by atoms with Crippen LogP contribution in [0.5, 0.6) is 11.5 Å². The lowest BCUT2D eigenvalue weighted by molar-refractivity contribution is -0.125. The van der Waals surface area contributed by atoms with Crippen LogP contribution in [0.1, 0.15) is 18.1 Å². The summed E-state index contributed by atoms with van der Waals surface area (Å²) >= 11 is 6.12. The van der Waals surface area contributed by atoms with Crippen molar-refractivity contribution < 1.29 is 14.3 Å². The Balaban J connectivity index is 1.55. The molecule has 1 amide bonds. The fourth-order valence-electron chi connectivity index (χ4n) is 2.64. The highest BCUT2D eigenvalue weighted by Crippen LogP contribution is 2.32. The van der Waals surface area contributed by atoms with E-state index in [-0.39, 0.29) is 18.7 Å². The van der Waals surface area contributed by atoms with Gasteiger partial charge in [0.1, 0.15) is 0 Å². The number of benzene rings is 2. The highest BCUT2D eigenvalue weighted by Gasteiger charge is 2.19. The molecule has 1 aliphatic heterocycles. The number of fused-ring (bicyclic) bond motifs is 1. The van der Waals surface area contributed by atoms with Crippen molar-refractivity contribution in [2.45, 2.75) is 26.1 Å². The molecule has 25 heavy (non-hydrogen) atoms. The van der Waals surface area contributed by atoms with E-state index in [2.05, 4.69) is 5.32 Å². The molecule has 1 heterocycles. The Kier molecular flexibility index (Phi) is 5.46. The lowest BCUT2D eigenvalue weighted by Gasteiger charge is -2.24. The van der Waals surface area contributed by atoms with Gasteiger partial charge in [0.05, 0.1) is 6.04 Å². The van der Waals surface area contributed by atoms with Gasteiger partial charge in [-0.1, -0.05) is 35.9 Å². The maximum atomic E-state index is 12.4. The summed E-state index contributed by atoms with van der Waals surface area (Å²) in [6.07, 6.45) is 0. The molecule has 2 aromatic carbocycles. The van der Waals surface area contributed by atoms with Crippen LogP contribution >= 0.6 is 11.6 Å². The second-order valence-corrected chi connectivity index (χ2v) is 6.50. The smallest absolute Gasteiger partial charge is 0.237 e. The molecule has 1 unspecified atom stereocenters. The van der Waals surface area contributed by atoms with Crippen molar-refractivity contribution in [1.29, 1.82) is 0 Å². The van der Waals surface area contributed by atoms with Crippen molar-refractivity contribution in [3.05, 3.63) is 58.6 Å². The molecule has 0 fully saturated rings. The number of halogens is 1. The first-order valence-corrected chi connectivity index (χ1v) is 8.52. The maximum Gasteiger partial charge on any atom is 0.237 e. The van der Waals surface area contributed by atoms with Gasteiger partial charge in [0, 0.05) is 18.1 Å². The van der Waals surface area contributed by atoms with E-state index in [0.717, 1.165) is 22.6 Å². The summed E-state index contributed by atoms with van der Waals surface area (Å²) in [5.41, 5.74) is 1.97. The molecule has 0 bridgehead atoms. The van der Waals surface area contributed by atoms with Gasteiger partial charge in [0.2, 0.25) is 12.7 Å². The largest absolute Gasteiger partial charge is 0.454 e. The molecule has 0 aromatic heterocycles. The van der Waals surface area contributed by atoms with Crippen molar-refractivity contribution >= 4 is 17.5 Å². The van der Waals surface area contributed by atoms with Gasteiger partial charge in [-0.25, -0.2) is 0 Å². The zero-order valence-electron chi connectivity index (χ0n) is 14.3. The Labute approximate surface area is 152 Å². The Morgan fingerprint density at radius 1 is 1.24 bits per heavy atom. The summed E-state index contributed by atoms with van der Waals surface area (Å²) < 4.78 is 10.7. The van der Waals surface area contributed by atoms with Crippen molar-refractivity contribution in [3.63, 3.8) is 0 Å². The average molecular weight is 361 g/mol. The summed E-state index contributed by atoms with van der Waals surface area (Å²) in [7, 11) is 1.92. The second-order valence-electron chi connectivity index (χ2n) is 6.09. The molecule has 0 saturated heterocycles. The normalized spacial score (nSPS) is 13.8. The molecule has 1 atom stereocenters. The number of carbonyl (C=O) groups excluding carboxylic acids is 1. The standard InChI is InChI=1S/C19H21ClN2O3/c1-13(19(23)21-10-15-5-3-4-6-16(15)20)22(2)11-14-7-8-17-18(9-14)25-12-24-17/h3-9,13H,10-12H2,1-2H3,(H,21,23). The summed E-state index contributed by atoms with van der Waals surface area (Å²) in [6, 6.07) is 13.1. The number of hydrogen-bond acceptors (Lipinski definition) is 4. The average Bonchev–Trinajstić information content (AvgIpc) is 3.07. The second kappa shape index (κ2) is 7.76. The number of hydrogen-bond donors (Lipinski definition) is 1. The van der Waals surface area contributed by atoms with E-state index in [1.807, 2.05) is 61.3 Å². The van der Waals surface area contributed by atoms with E-state index in [1.165, 1.54) is 0 Å². The van der Waals surface area contributed by atoms with Crippen LogP contribution in [0.4, 0.5) is 0 Å². The Hall–Kier alpha value is -2.24. The van der Waals surface area contributed by atoms with E-state index in [0.29, 0.717) is 18.1 Å². The zero-order chi connectivity index (χ0) is 17.8. The Bertz CT molecular complexity index is 766. The molecule has 0 radical (unpaired) electrons. The summed E-state index contributed by atoms with van der Waals surface area (Å²) in [6.45, 7) is 3.20. The van der Waals surface area contributed by atoms with Crippen LogP contribution in [-0.4, -0.2) is 30.7 Å². The molecule has 5 nitrogen and oxygen atoms in total. The van der Waals surface area contributed by atoms with Crippen LogP contribution in [0.3, 0.4) is 0 Å². The van der Waals surface area contributed by atoms with Crippen LogP contribution in [0.15, 0.2) is 42.5 Å². The van der Waals surface area contributed by atoms with Gasteiger partial charge in [-0.2, -0.15) is 0 Å². The maximum absolute atomic E-state index is 12.4. The van der Waals surface area contributed by atoms with E-state index < -0.39 is 0 Å². The van der Waals surface area contributed by atoms with Gasteiger partial charge < -0.3 is 14.8 Å². The van der Waals surface area contributed by atoms with Crippen LogP contribution in [0.25, 0.3) is 0 Å². The molecular formula is C19H21ClN2O3. The van der Waals surface area contributed by atoms with Gasteiger partial charge in [-0.15, -0.1) is 0 Å². The fourth-order valence-corrected chi connectivity index (χ4v) is 2.84. The van der Waals surface area contributed by atoms with Crippen LogP contribution < -0.4 is 14.8 Å². The quantitative estimate of drug-likeness (QED) is 0.859. The number of likely N-dealkylation sites (N-methyl/N-ethyl adjacent to an activating group) is 1. The first-order valence-electron chi connectivity index (χ1n) is 8.14. The third-order valence-corrected chi connectivity index (χ3v) is 4.69. The molecule has 2 aromatic rings. The predicted octanol–water partition coefficient (Wildman–Crippen LogP) is 3.21. The molecule has 0 aliphatic carbocycles. The van der Waals surface area contributed by atoms with E-state index >= 15 is 0 Å². The molecule has 132 valence electrons. The van der Waals surface area contributed by atoms with Crippen LogP contribution in [-0.2, 0) is 17.9 Å². The van der Waals surface area contributed by atoms with Gasteiger partial charge in [-0.05, 0) is 43.3 Å². The van der Waals surface area contributed by atoms with Crippen molar-refractivity contribution in [1.82, 2.24) is 10.2 Å². The number of carbonyl (C=O) groups is 1. The first-order chi connectivity index (χ1) is 12.0. The van der Waals surface area contributed by atoms with Gasteiger partial charge in [0.15, 0.2) is 11.5 Å². The van der Waals surface area contributed by atoms with E-state index in [9.17, 15) is 4.79 Å². The van der Waals surface area contributed by atoms with E-state index in [1.54, 1.807) is 0 Å². The first kappa shape index (κ1) is 17.6. The number of amides is 1. The molecule has 1 aliphatic rings. The minimum absolute atomic E-state index is 0.0387. The SMILES string of the molecule is CC(C(=O)NCc1ccccc1Cl)N(C)Cc1ccc2c(c1)OCO2. The number of ether oxygens (including phenoxy) is 2. The summed E-state index contributed by atoms with van der Waals surface area (Å²) in [5, 5.41) is 3.59. The number of nitrogens with one attached hydrogen (secondary N) is 1. The highest BCUT2D eigenvalue weighted by atomic mass is 35.5. The number of rotatable bonds is 6. The molecule has 0 spiro atoms. The molecule has 0 saturated carbocycles. The van der Waals surface area contributed by atoms with Crippen molar-refractivity contribution in [2.75, 3.05) is 13.8 Å². The third kappa shape index (κ3) is 4.24. The predicted molar refractivity (Wildman–Crippen MR) is 96.8 cm³/mol. The van der Waals surface area contributed by atoms with Gasteiger partial charge in [0.25, 0.3) is 0 Å². The summed E-state index contributed by atoms with van der Waals surface area (Å²) in [4.78, 5) is 14.4. The van der Waals surface area contributed by atoms with Crippen LogP contribution in [0.2, 0.25) is 5.02 Å². The topological polar surface area (TPSA) is 50.8 Å². The van der Waals surface area contributed by atoms with E-state index in [4.69, 9.17) is 21.1 Å². The van der Waals surface area contributed by atoms with Crippen molar-refractivity contribution in [3.8, 4) is 11.5 Å². The molecule has 3 rings (SSSR count). The lowest BCUT2D eigenvalue weighted by Crippen LogP contribution is -2.42. The highest BCUT2D eigenvalue weighted by molar-refractivity contribution is 6.31. The zero-order valence-corrected chi connectivity index (χ0v) is 15.0. The minimum atomic E-state index is -0.270. The molecule has 1 N–H and O–H groups in total. The molecular weight excluding hydrogens is 340 g/mol. The monoisotopic (exact) mass is 360 g/mol. The lowest BCUT2D eigenvalue weighted by atomic mass is 10.1. The van der Waals surface area contributed by atoms with Gasteiger partial charge >= 0.3 is 0 Å². The molecule has 6 heteroatoms. The van der Waals surface area contributed by atoms with Crippen molar-refractivity contribution in [2.24, 2.45) is 0 Å².